The van der Waals surface area contributed by atoms with Gasteiger partial charge in [-0.15, -0.1) is 0 Å². The van der Waals surface area contributed by atoms with Gasteiger partial charge in [0.05, 0.1) is 20.1 Å². The second kappa shape index (κ2) is 6.98. The largest absolute Gasteiger partial charge is 0.497 e. The van der Waals surface area contributed by atoms with Crippen molar-refractivity contribution in [3.63, 3.8) is 0 Å². The number of anilines is 1. The number of nitrogens with one attached hydrogen (secondary N) is 1. The first-order chi connectivity index (χ1) is 8.90. The lowest BCUT2D eigenvalue weighted by Gasteiger charge is -2.08. The molecule has 7 heteroatoms. The van der Waals surface area contributed by atoms with Crippen molar-refractivity contribution in [2.24, 2.45) is 0 Å². The highest BCUT2D eigenvalue weighted by Crippen LogP contribution is 2.16. The van der Waals surface area contributed by atoms with E-state index in [9.17, 15) is 18.0 Å². The Kier molecular flexibility index (Phi) is 5.62. The average Bonchev–Trinajstić information content (AvgIpc) is 2.34. The van der Waals surface area contributed by atoms with Crippen LogP contribution in [-0.2, 0) is 9.53 Å². The van der Waals surface area contributed by atoms with Gasteiger partial charge >= 0.3 is 6.18 Å². The van der Waals surface area contributed by atoms with E-state index in [1.165, 1.54) is 7.11 Å². The molecule has 4 nitrogen and oxygen atoms in total. The fourth-order valence-electron chi connectivity index (χ4n) is 1.25. The smallest absolute Gasteiger partial charge is 0.411 e. The fourth-order valence-corrected chi connectivity index (χ4v) is 1.25. The maximum Gasteiger partial charge on any atom is 0.411 e. The van der Waals surface area contributed by atoms with Gasteiger partial charge in [-0.05, 0) is 24.3 Å². The Morgan fingerprint density at radius 1 is 1.26 bits per heavy atom. The zero-order chi connectivity index (χ0) is 14.3. The second-order valence-corrected chi connectivity index (χ2v) is 3.69. The van der Waals surface area contributed by atoms with Crippen molar-refractivity contribution in [3.05, 3.63) is 24.3 Å². The van der Waals surface area contributed by atoms with Crippen molar-refractivity contribution in [1.82, 2.24) is 0 Å². The highest BCUT2D eigenvalue weighted by Gasteiger charge is 2.27. The Hall–Kier alpha value is -1.76. The minimum Gasteiger partial charge on any atom is -0.497 e. The molecule has 1 aromatic rings. The summed E-state index contributed by atoms with van der Waals surface area (Å²) in [5.74, 6) is 0.235. The van der Waals surface area contributed by atoms with Crippen LogP contribution in [0, 0.1) is 0 Å². The summed E-state index contributed by atoms with van der Waals surface area (Å²) in [7, 11) is 1.52. The number of ether oxygens (including phenoxy) is 2. The maximum atomic E-state index is 11.8. The van der Waals surface area contributed by atoms with Crippen LogP contribution in [-0.4, -0.2) is 32.4 Å². The Balaban J connectivity index is 2.27. The van der Waals surface area contributed by atoms with Crippen LogP contribution in [0.15, 0.2) is 24.3 Å². The number of methoxy groups -OCH3 is 1. The topological polar surface area (TPSA) is 47.6 Å². The zero-order valence-electron chi connectivity index (χ0n) is 10.3. The number of carbonyl (C=O) groups is 1. The standard InChI is InChI=1S/C12H14F3NO3/c1-18-10-4-2-9(3-5-10)16-11(17)6-7-19-8-12(13,14)15/h2-5H,6-8H2,1H3,(H,16,17). The van der Waals surface area contributed by atoms with Gasteiger partial charge in [0.2, 0.25) is 5.91 Å². The van der Waals surface area contributed by atoms with Crippen molar-refractivity contribution >= 4 is 11.6 Å². The summed E-state index contributed by atoms with van der Waals surface area (Å²) in [5.41, 5.74) is 0.543. The summed E-state index contributed by atoms with van der Waals surface area (Å²) in [5, 5.41) is 2.54. The van der Waals surface area contributed by atoms with Crippen molar-refractivity contribution in [2.45, 2.75) is 12.6 Å². The molecule has 0 spiro atoms. The predicted octanol–water partition coefficient (Wildman–Crippen LogP) is 2.60. The molecule has 0 atom stereocenters. The van der Waals surface area contributed by atoms with Gasteiger partial charge in [0.15, 0.2) is 0 Å². The van der Waals surface area contributed by atoms with Crippen LogP contribution in [0.25, 0.3) is 0 Å². The van der Waals surface area contributed by atoms with E-state index in [-0.39, 0.29) is 13.0 Å². The summed E-state index contributed by atoms with van der Waals surface area (Å²) < 4.78 is 44.6. The van der Waals surface area contributed by atoms with Gasteiger partial charge in [-0.25, -0.2) is 0 Å². The molecule has 0 bridgehead atoms. The van der Waals surface area contributed by atoms with Gasteiger partial charge in [0, 0.05) is 5.69 Å². The van der Waals surface area contributed by atoms with E-state index in [0.717, 1.165) is 0 Å². The Labute approximate surface area is 108 Å². The molecular weight excluding hydrogens is 263 g/mol. The average molecular weight is 277 g/mol. The van der Waals surface area contributed by atoms with Crippen LogP contribution in [0.3, 0.4) is 0 Å². The van der Waals surface area contributed by atoms with Crippen molar-refractivity contribution < 1.29 is 27.4 Å². The highest BCUT2D eigenvalue weighted by molar-refractivity contribution is 5.90. The van der Waals surface area contributed by atoms with E-state index in [2.05, 4.69) is 10.1 Å². The monoisotopic (exact) mass is 277 g/mol. The van der Waals surface area contributed by atoms with E-state index in [1.807, 2.05) is 0 Å². The molecule has 1 rings (SSSR count). The number of alkyl halides is 3. The number of hydrogen-bond donors (Lipinski definition) is 1. The SMILES string of the molecule is COc1ccc(NC(=O)CCOCC(F)(F)F)cc1. The van der Waals surface area contributed by atoms with E-state index in [1.54, 1.807) is 24.3 Å². The molecule has 0 aliphatic rings. The van der Waals surface area contributed by atoms with Crippen LogP contribution in [0.2, 0.25) is 0 Å². The number of amides is 1. The Morgan fingerprint density at radius 2 is 1.89 bits per heavy atom. The summed E-state index contributed by atoms with van der Waals surface area (Å²) in [6.07, 6.45) is -4.51. The maximum absolute atomic E-state index is 11.8. The van der Waals surface area contributed by atoms with Gasteiger partial charge in [0.1, 0.15) is 12.4 Å². The molecule has 0 saturated heterocycles. The molecule has 1 N–H and O–H groups in total. The van der Waals surface area contributed by atoms with Crippen molar-refractivity contribution in [3.8, 4) is 5.75 Å². The van der Waals surface area contributed by atoms with Gasteiger partial charge in [-0.2, -0.15) is 13.2 Å². The van der Waals surface area contributed by atoms with Crippen LogP contribution >= 0.6 is 0 Å². The van der Waals surface area contributed by atoms with E-state index >= 15 is 0 Å². The Morgan fingerprint density at radius 3 is 2.42 bits per heavy atom. The van der Waals surface area contributed by atoms with E-state index < -0.39 is 18.7 Å². The first-order valence-electron chi connectivity index (χ1n) is 5.49. The molecule has 0 fully saturated rings. The van der Waals surface area contributed by atoms with Gasteiger partial charge < -0.3 is 14.8 Å². The molecule has 1 amide bonds. The van der Waals surface area contributed by atoms with Gasteiger partial charge in [0.25, 0.3) is 0 Å². The molecule has 1 aromatic carbocycles. The van der Waals surface area contributed by atoms with Crippen molar-refractivity contribution in [1.29, 1.82) is 0 Å². The van der Waals surface area contributed by atoms with Crippen LogP contribution in [0.4, 0.5) is 18.9 Å². The molecule has 0 aromatic heterocycles. The lowest BCUT2D eigenvalue weighted by Crippen LogP contribution is -2.20. The number of benzene rings is 1. The molecule has 0 aliphatic heterocycles. The lowest BCUT2D eigenvalue weighted by atomic mass is 10.3. The number of carbonyl (C=O) groups excluding carboxylic acids is 1. The molecular formula is C12H14F3NO3. The van der Waals surface area contributed by atoms with Crippen molar-refractivity contribution in [2.75, 3.05) is 25.6 Å². The fraction of sp³-hybridized carbons (Fsp3) is 0.417. The molecule has 0 heterocycles. The number of hydrogen-bond acceptors (Lipinski definition) is 3. The first-order valence-corrected chi connectivity index (χ1v) is 5.49. The third kappa shape index (κ3) is 6.66. The normalized spacial score (nSPS) is 11.2. The van der Waals surface area contributed by atoms with Crippen LogP contribution < -0.4 is 10.1 Å². The minimum absolute atomic E-state index is 0.137. The molecule has 0 aliphatic carbocycles. The second-order valence-electron chi connectivity index (χ2n) is 3.69. The predicted molar refractivity (Wildman–Crippen MR) is 63.1 cm³/mol. The van der Waals surface area contributed by atoms with Crippen LogP contribution in [0.1, 0.15) is 6.42 Å². The zero-order valence-corrected chi connectivity index (χ0v) is 10.3. The number of halogens is 3. The molecule has 0 unspecified atom stereocenters. The molecule has 106 valence electrons. The summed E-state index contributed by atoms with van der Waals surface area (Å²) in [6, 6.07) is 6.59. The summed E-state index contributed by atoms with van der Waals surface area (Å²) >= 11 is 0. The van der Waals surface area contributed by atoms with E-state index in [0.29, 0.717) is 11.4 Å². The highest BCUT2D eigenvalue weighted by atomic mass is 19.4. The summed E-state index contributed by atoms with van der Waals surface area (Å²) in [6.45, 7) is -1.62. The molecule has 0 saturated carbocycles. The Bertz CT molecular complexity index is 404. The molecule has 0 radical (unpaired) electrons. The number of rotatable bonds is 6. The quantitative estimate of drug-likeness (QED) is 0.813. The third-order valence-corrected chi connectivity index (χ3v) is 2.11. The van der Waals surface area contributed by atoms with Crippen LogP contribution in [0.5, 0.6) is 5.75 Å². The van der Waals surface area contributed by atoms with Gasteiger partial charge in [-0.3, -0.25) is 4.79 Å². The minimum atomic E-state index is -4.37. The summed E-state index contributed by atoms with van der Waals surface area (Å²) in [4.78, 5) is 11.4. The third-order valence-electron chi connectivity index (χ3n) is 2.11. The molecule has 19 heavy (non-hydrogen) atoms. The van der Waals surface area contributed by atoms with Gasteiger partial charge in [-0.1, -0.05) is 0 Å². The van der Waals surface area contributed by atoms with E-state index in [4.69, 9.17) is 4.74 Å². The first kappa shape index (κ1) is 15.3. The lowest BCUT2D eigenvalue weighted by molar-refractivity contribution is -0.174.